The van der Waals surface area contributed by atoms with Gasteiger partial charge >= 0.3 is 6.09 Å². The smallest absolute Gasteiger partial charge is 0.414 e. The molecule has 1 aromatic rings. The van der Waals surface area contributed by atoms with E-state index in [1.807, 2.05) is 0 Å². The summed E-state index contributed by atoms with van der Waals surface area (Å²) in [5.41, 5.74) is 1.26. The Morgan fingerprint density at radius 3 is 2.88 bits per heavy atom. The van der Waals surface area contributed by atoms with Crippen molar-refractivity contribution in [2.24, 2.45) is 0 Å². The third-order valence-electron chi connectivity index (χ3n) is 3.99. The lowest BCUT2D eigenvalue weighted by Gasteiger charge is -2.19. The number of hydrogen-bond donors (Lipinski definition) is 0. The minimum absolute atomic E-state index is 0.146. The number of fused-ring (bicyclic) bond motifs is 1. The summed E-state index contributed by atoms with van der Waals surface area (Å²) < 4.78 is 37.6. The van der Waals surface area contributed by atoms with Gasteiger partial charge in [0.15, 0.2) is 5.81 Å². The second-order valence-electron chi connectivity index (χ2n) is 6.01. The first-order chi connectivity index (χ1) is 12.2. The van der Waals surface area contributed by atoms with E-state index in [0.717, 1.165) is 6.26 Å². The zero-order valence-electron chi connectivity index (χ0n) is 14.1. The molecule has 0 aromatic heterocycles. The maximum Gasteiger partial charge on any atom is 0.414 e. The summed E-state index contributed by atoms with van der Waals surface area (Å²) in [5, 5.41) is 0. The highest BCUT2D eigenvalue weighted by atomic mass is 32.2. The van der Waals surface area contributed by atoms with E-state index >= 15 is 0 Å². The summed E-state index contributed by atoms with van der Waals surface area (Å²) in [7, 11) is 1.73. The van der Waals surface area contributed by atoms with Crippen molar-refractivity contribution in [2.45, 2.75) is 12.6 Å². The topological polar surface area (TPSA) is 102 Å². The molecule has 0 unspecified atom stereocenters. The Kier molecular flexibility index (Phi) is 5.10. The molecule has 1 fully saturated rings. The van der Waals surface area contributed by atoms with Gasteiger partial charge in [-0.2, -0.15) is 8.42 Å². The van der Waals surface area contributed by atoms with Gasteiger partial charge in [-0.15, -0.1) is 0 Å². The van der Waals surface area contributed by atoms with Crippen LogP contribution < -0.4 is 9.64 Å². The normalized spacial score (nSPS) is 20.2. The van der Waals surface area contributed by atoms with Crippen LogP contribution in [0.5, 0.6) is 5.75 Å². The van der Waals surface area contributed by atoms with E-state index in [1.54, 1.807) is 18.2 Å². The molecule has 0 bridgehead atoms. The summed E-state index contributed by atoms with van der Waals surface area (Å²) in [6.07, 6.45) is -0.374. The third-order valence-corrected chi connectivity index (χ3v) is 4.55. The average Bonchev–Trinajstić information content (AvgIpc) is 2.79. The maximum atomic E-state index is 12.1. The number of amides is 2. The third kappa shape index (κ3) is 4.28. The first-order valence-electron chi connectivity index (χ1n) is 7.85. The number of cyclic esters (lactones) is 1. The van der Waals surface area contributed by atoms with E-state index in [0.29, 0.717) is 30.2 Å². The van der Waals surface area contributed by atoms with Crippen LogP contribution in [0.15, 0.2) is 18.2 Å². The summed E-state index contributed by atoms with van der Waals surface area (Å²) in [6, 6.07) is 5.13. The van der Waals surface area contributed by atoms with Crippen LogP contribution >= 0.6 is 0 Å². The highest BCUT2D eigenvalue weighted by molar-refractivity contribution is 7.85. The van der Waals surface area contributed by atoms with E-state index in [9.17, 15) is 18.0 Å². The maximum absolute atomic E-state index is 12.1. The van der Waals surface area contributed by atoms with Crippen LogP contribution in [-0.4, -0.2) is 71.7 Å². The molecule has 0 saturated carbocycles. The van der Waals surface area contributed by atoms with Crippen molar-refractivity contribution in [3.05, 3.63) is 23.8 Å². The van der Waals surface area contributed by atoms with Crippen LogP contribution in [0.3, 0.4) is 0 Å². The predicted octanol–water partition coefficient (Wildman–Crippen LogP) is 0.471. The average molecular weight is 380 g/mol. The fraction of sp³-hybridized carbons (Fsp3) is 0.467. The van der Waals surface area contributed by atoms with Crippen molar-refractivity contribution in [2.75, 3.05) is 37.5 Å². The van der Waals surface area contributed by atoms with Gasteiger partial charge in [-0.3, -0.25) is 13.9 Å². The SMILES string of the molecule is [B]C(=O)N1CCOc2ccc(N3C[C@H](COS(C)(=O)=O)OC3=O)cc2C1. The van der Waals surface area contributed by atoms with E-state index in [1.165, 1.54) is 9.80 Å². The Bertz CT molecular complexity index is 829. The lowest BCUT2D eigenvalue weighted by molar-refractivity contribution is 0.107. The van der Waals surface area contributed by atoms with Crippen LogP contribution in [0.4, 0.5) is 15.3 Å². The van der Waals surface area contributed by atoms with E-state index < -0.39 is 28.1 Å². The quantitative estimate of drug-likeness (QED) is 0.553. The summed E-state index contributed by atoms with van der Waals surface area (Å²) >= 11 is 0. The second kappa shape index (κ2) is 7.16. The van der Waals surface area contributed by atoms with E-state index in [4.69, 9.17) is 17.3 Å². The molecule has 0 N–H and O–H groups in total. The molecule has 2 amide bonds. The Morgan fingerprint density at radius 2 is 2.19 bits per heavy atom. The number of benzene rings is 1. The van der Waals surface area contributed by atoms with Gasteiger partial charge in [0, 0.05) is 17.8 Å². The van der Waals surface area contributed by atoms with Crippen molar-refractivity contribution in [3.8, 4) is 5.75 Å². The zero-order valence-corrected chi connectivity index (χ0v) is 14.9. The van der Waals surface area contributed by atoms with Crippen LogP contribution in [0, 0.1) is 0 Å². The highest BCUT2D eigenvalue weighted by Crippen LogP contribution is 2.30. The number of rotatable bonds is 4. The Labute approximate surface area is 152 Å². The molecule has 11 heteroatoms. The molecule has 1 saturated heterocycles. The van der Waals surface area contributed by atoms with Crippen LogP contribution in [0.25, 0.3) is 0 Å². The van der Waals surface area contributed by atoms with Crippen molar-refractivity contribution < 1.29 is 31.7 Å². The molecule has 1 atom stereocenters. The highest BCUT2D eigenvalue weighted by Gasteiger charge is 2.33. The van der Waals surface area contributed by atoms with Gasteiger partial charge in [0.2, 0.25) is 7.85 Å². The van der Waals surface area contributed by atoms with Crippen LogP contribution in [0.1, 0.15) is 5.56 Å². The molecule has 2 radical (unpaired) electrons. The molecule has 0 aliphatic carbocycles. The number of carbonyl (C=O) groups is 2. The first-order valence-corrected chi connectivity index (χ1v) is 9.67. The van der Waals surface area contributed by atoms with Crippen molar-refractivity contribution in [1.29, 1.82) is 0 Å². The lowest BCUT2D eigenvalue weighted by atomic mass is 10.1. The minimum Gasteiger partial charge on any atom is -0.491 e. The van der Waals surface area contributed by atoms with Gasteiger partial charge in [-0.05, 0) is 18.2 Å². The largest absolute Gasteiger partial charge is 0.491 e. The van der Waals surface area contributed by atoms with Gasteiger partial charge in [-0.1, -0.05) is 0 Å². The number of anilines is 1. The van der Waals surface area contributed by atoms with Crippen molar-refractivity contribution in [1.82, 2.24) is 4.90 Å². The lowest BCUT2D eigenvalue weighted by Crippen LogP contribution is -2.31. The monoisotopic (exact) mass is 380 g/mol. The van der Waals surface area contributed by atoms with Crippen LogP contribution in [0.2, 0.25) is 0 Å². The van der Waals surface area contributed by atoms with Crippen molar-refractivity contribution >= 4 is 35.6 Å². The molecular weight excluding hydrogens is 363 g/mol. The summed E-state index contributed by atoms with van der Waals surface area (Å²) in [4.78, 5) is 26.4. The Balaban J connectivity index is 1.76. The van der Waals surface area contributed by atoms with E-state index in [2.05, 4.69) is 4.18 Å². The standard InChI is InChI=1S/C15H17BN2O7S/c1-26(21,22)24-9-12-8-18(15(20)25-12)11-2-3-13-10(6-11)7-17(14(16)19)4-5-23-13/h2-3,6,12H,4-5,7-9H2,1H3/t12-/m1/s1. The molecule has 138 valence electrons. The molecule has 1 aromatic carbocycles. The summed E-state index contributed by atoms with van der Waals surface area (Å²) in [5.74, 6) is 0.0625. The molecule has 0 spiro atoms. The van der Waals surface area contributed by atoms with Gasteiger partial charge in [0.1, 0.15) is 25.1 Å². The second-order valence-corrected chi connectivity index (χ2v) is 7.65. The Morgan fingerprint density at radius 1 is 1.42 bits per heavy atom. The number of hydrogen-bond acceptors (Lipinski definition) is 7. The molecular formula is C15H17BN2O7S. The fourth-order valence-electron chi connectivity index (χ4n) is 2.76. The van der Waals surface area contributed by atoms with Crippen molar-refractivity contribution in [3.63, 3.8) is 0 Å². The zero-order chi connectivity index (χ0) is 18.9. The predicted molar refractivity (Wildman–Crippen MR) is 91.9 cm³/mol. The van der Waals surface area contributed by atoms with Gasteiger partial charge < -0.3 is 14.4 Å². The molecule has 3 rings (SSSR count). The van der Waals surface area contributed by atoms with E-state index in [-0.39, 0.29) is 19.7 Å². The molecule has 9 nitrogen and oxygen atoms in total. The molecule has 26 heavy (non-hydrogen) atoms. The van der Waals surface area contributed by atoms with Crippen LogP contribution in [-0.2, 0) is 25.6 Å². The molecule has 2 heterocycles. The van der Waals surface area contributed by atoms with Gasteiger partial charge in [0.05, 0.1) is 19.3 Å². The minimum atomic E-state index is -3.62. The van der Waals surface area contributed by atoms with Gasteiger partial charge in [0.25, 0.3) is 10.1 Å². The summed E-state index contributed by atoms with van der Waals surface area (Å²) in [6.45, 7) is 0.863. The number of carbonyl (C=O) groups excluding carboxylic acids is 2. The molecule has 2 aliphatic rings. The number of ether oxygens (including phenoxy) is 2. The number of nitrogens with zero attached hydrogens (tertiary/aromatic N) is 2. The fourth-order valence-corrected chi connectivity index (χ4v) is 3.15. The first kappa shape index (κ1) is 18.5. The van der Waals surface area contributed by atoms with Gasteiger partial charge in [-0.25, -0.2) is 4.79 Å². The molecule has 2 aliphatic heterocycles. The Hall–Kier alpha value is -2.27.